The Morgan fingerprint density at radius 1 is 1.47 bits per heavy atom. The summed E-state index contributed by atoms with van der Waals surface area (Å²) >= 11 is 3.21. The highest BCUT2D eigenvalue weighted by molar-refractivity contribution is 9.10. The first-order valence-corrected chi connectivity index (χ1v) is 6.45. The van der Waals surface area contributed by atoms with Crippen molar-refractivity contribution in [1.82, 2.24) is 0 Å². The Morgan fingerprint density at radius 2 is 2.12 bits per heavy atom. The summed E-state index contributed by atoms with van der Waals surface area (Å²) in [4.78, 5) is 10.3. The quantitative estimate of drug-likeness (QED) is 0.655. The van der Waals surface area contributed by atoms with Gasteiger partial charge in [0.1, 0.15) is 0 Å². The number of nitrogens with one attached hydrogen (secondary N) is 1. The van der Waals surface area contributed by atoms with E-state index >= 15 is 0 Å². The van der Waals surface area contributed by atoms with Gasteiger partial charge in [-0.1, -0.05) is 20.8 Å². The second-order valence-electron chi connectivity index (χ2n) is 4.33. The maximum atomic E-state index is 10.7. The first kappa shape index (κ1) is 14.0. The molecule has 0 aliphatic heterocycles. The number of nitro benzene ring substituents is 1. The molecule has 0 aliphatic carbocycles. The van der Waals surface area contributed by atoms with Crippen LogP contribution in [0.25, 0.3) is 0 Å². The number of nitro groups is 1. The highest BCUT2D eigenvalue weighted by Crippen LogP contribution is 2.28. The molecule has 0 amide bonds. The number of nitrogens with zero attached hydrogens (tertiary/aromatic N) is 1. The molecule has 1 atom stereocenters. The molecule has 0 aliphatic rings. The van der Waals surface area contributed by atoms with Gasteiger partial charge in [0.15, 0.2) is 0 Å². The van der Waals surface area contributed by atoms with E-state index in [0.717, 1.165) is 12.1 Å². The fraction of sp³-hybridized carbons (Fsp3) is 0.500. The average Bonchev–Trinajstić information content (AvgIpc) is 2.24. The van der Waals surface area contributed by atoms with Gasteiger partial charge < -0.3 is 5.32 Å². The van der Waals surface area contributed by atoms with E-state index in [1.165, 1.54) is 6.07 Å². The van der Waals surface area contributed by atoms with Gasteiger partial charge in [-0.3, -0.25) is 10.1 Å². The second-order valence-corrected chi connectivity index (χ2v) is 5.18. The zero-order valence-corrected chi connectivity index (χ0v) is 11.8. The molecule has 1 aromatic rings. The topological polar surface area (TPSA) is 55.2 Å². The highest BCUT2D eigenvalue weighted by atomic mass is 79.9. The normalized spacial score (nSPS) is 12.5. The summed E-state index contributed by atoms with van der Waals surface area (Å²) in [5.41, 5.74) is 0.996. The van der Waals surface area contributed by atoms with Crippen LogP contribution in [0.1, 0.15) is 27.2 Å². The molecule has 1 aromatic carbocycles. The van der Waals surface area contributed by atoms with Gasteiger partial charge in [-0.2, -0.15) is 0 Å². The van der Waals surface area contributed by atoms with Crippen molar-refractivity contribution in [3.8, 4) is 0 Å². The lowest BCUT2D eigenvalue weighted by Crippen LogP contribution is -2.24. The Labute approximate surface area is 110 Å². The Kier molecular flexibility index (Phi) is 4.93. The highest BCUT2D eigenvalue weighted by Gasteiger charge is 2.14. The maximum absolute atomic E-state index is 10.7. The lowest BCUT2D eigenvalue weighted by molar-refractivity contribution is -0.385. The number of benzene rings is 1. The molecule has 0 aromatic heterocycles. The minimum Gasteiger partial charge on any atom is -0.382 e. The Morgan fingerprint density at radius 3 is 2.53 bits per heavy atom. The van der Waals surface area contributed by atoms with Gasteiger partial charge in [0.05, 0.1) is 9.40 Å². The standard InChI is InChI=1S/C12H17BrN2O2/c1-4-11(8(2)3)14-9-5-6-12(15(16)17)10(13)7-9/h5-8,11,14H,4H2,1-3H3. The van der Waals surface area contributed by atoms with E-state index in [-0.39, 0.29) is 5.69 Å². The van der Waals surface area contributed by atoms with Crippen LogP contribution < -0.4 is 5.32 Å². The number of anilines is 1. The van der Waals surface area contributed by atoms with Crippen molar-refractivity contribution in [2.24, 2.45) is 5.92 Å². The second kappa shape index (κ2) is 6.00. The minimum atomic E-state index is -0.395. The summed E-state index contributed by atoms with van der Waals surface area (Å²) in [6, 6.07) is 5.39. The molecule has 0 spiro atoms. The summed E-state index contributed by atoms with van der Waals surface area (Å²) in [5.74, 6) is 0.522. The monoisotopic (exact) mass is 300 g/mol. The van der Waals surface area contributed by atoms with Crippen molar-refractivity contribution < 1.29 is 4.92 Å². The summed E-state index contributed by atoms with van der Waals surface area (Å²) in [7, 11) is 0. The van der Waals surface area contributed by atoms with Crippen molar-refractivity contribution in [3.63, 3.8) is 0 Å². The van der Waals surface area contributed by atoms with Crippen molar-refractivity contribution in [2.45, 2.75) is 33.2 Å². The molecule has 0 saturated heterocycles. The smallest absolute Gasteiger partial charge is 0.283 e. The van der Waals surface area contributed by atoms with E-state index < -0.39 is 4.92 Å². The van der Waals surface area contributed by atoms with Gasteiger partial charge in [-0.25, -0.2) is 0 Å². The first-order valence-electron chi connectivity index (χ1n) is 5.66. The summed E-state index contributed by atoms with van der Waals surface area (Å²) in [5, 5.41) is 14.1. The molecule has 5 heteroatoms. The summed E-state index contributed by atoms with van der Waals surface area (Å²) in [6.45, 7) is 6.43. The van der Waals surface area contributed by atoms with E-state index in [2.05, 4.69) is 42.0 Å². The molecule has 0 saturated carbocycles. The number of hydrogen-bond acceptors (Lipinski definition) is 3. The van der Waals surface area contributed by atoms with E-state index in [1.807, 2.05) is 0 Å². The summed E-state index contributed by atoms with van der Waals surface area (Å²) < 4.78 is 0.506. The third-order valence-corrected chi connectivity index (χ3v) is 3.38. The minimum absolute atomic E-state index is 0.0909. The van der Waals surface area contributed by atoms with E-state index in [0.29, 0.717) is 16.4 Å². The van der Waals surface area contributed by atoms with Crippen LogP contribution in [0.5, 0.6) is 0 Å². The molecule has 0 radical (unpaired) electrons. The largest absolute Gasteiger partial charge is 0.382 e. The number of hydrogen-bond donors (Lipinski definition) is 1. The van der Waals surface area contributed by atoms with Crippen LogP contribution in [0, 0.1) is 16.0 Å². The third kappa shape index (κ3) is 3.70. The lowest BCUT2D eigenvalue weighted by atomic mass is 10.0. The molecular weight excluding hydrogens is 284 g/mol. The van der Waals surface area contributed by atoms with Crippen molar-refractivity contribution in [3.05, 3.63) is 32.8 Å². The number of rotatable bonds is 5. The van der Waals surface area contributed by atoms with Crippen LogP contribution in [0.2, 0.25) is 0 Å². The maximum Gasteiger partial charge on any atom is 0.283 e. The lowest BCUT2D eigenvalue weighted by Gasteiger charge is -2.22. The molecule has 1 rings (SSSR count). The van der Waals surface area contributed by atoms with E-state index in [9.17, 15) is 10.1 Å². The Hall–Kier alpha value is -1.10. The molecule has 1 unspecified atom stereocenters. The Balaban J connectivity index is 2.87. The summed E-state index contributed by atoms with van der Waals surface area (Å²) in [6.07, 6.45) is 1.02. The van der Waals surface area contributed by atoms with Gasteiger partial charge in [0, 0.05) is 17.8 Å². The van der Waals surface area contributed by atoms with Crippen molar-refractivity contribution >= 4 is 27.3 Å². The number of halogens is 1. The predicted molar refractivity (Wildman–Crippen MR) is 73.3 cm³/mol. The van der Waals surface area contributed by atoms with Crippen LogP contribution in [-0.2, 0) is 0 Å². The van der Waals surface area contributed by atoms with Gasteiger partial charge in [-0.15, -0.1) is 0 Å². The van der Waals surface area contributed by atoms with Crippen LogP contribution >= 0.6 is 15.9 Å². The molecule has 1 N–H and O–H groups in total. The third-order valence-electron chi connectivity index (χ3n) is 2.74. The van der Waals surface area contributed by atoms with E-state index in [4.69, 9.17) is 0 Å². The van der Waals surface area contributed by atoms with Crippen LogP contribution in [0.3, 0.4) is 0 Å². The van der Waals surface area contributed by atoms with Crippen molar-refractivity contribution in [1.29, 1.82) is 0 Å². The van der Waals surface area contributed by atoms with Crippen LogP contribution in [-0.4, -0.2) is 11.0 Å². The van der Waals surface area contributed by atoms with Crippen LogP contribution in [0.15, 0.2) is 22.7 Å². The molecule has 0 bridgehead atoms. The van der Waals surface area contributed by atoms with Crippen molar-refractivity contribution in [2.75, 3.05) is 5.32 Å². The fourth-order valence-electron chi connectivity index (χ4n) is 1.70. The first-order chi connectivity index (χ1) is 7.95. The van der Waals surface area contributed by atoms with Gasteiger partial charge in [0.25, 0.3) is 5.69 Å². The Bertz CT molecular complexity index is 407. The van der Waals surface area contributed by atoms with Gasteiger partial charge in [0.2, 0.25) is 0 Å². The van der Waals surface area contributed by atoms with Gasteiger partial charge >= 0.3 is 0 Å². The molecule has 17 heavy (non-hydrogen) atoms. The molecule has 0 heterocycles. The fourth-order valence-corrected chi connectivity index (χ4v) is 2.22. The van der Waals surface area contributed by atoms with Crippen LogP contribution in [0.4, 0.5) is 11.4 Å². The SMILES string of the molecule is CCC(Nc1ccc([N+](=O)[O-])c(Br)c1)C(C)C. The molecule has 0 fully saturated rings. The average molecular weight is 301 g/mol. The zero-order valence-electron chi connectivity index (χ0n) is 10.2. The van der Waals surface area contributed by atoms with E-state index in [1.54, 1.807) is 12.1 Å². The predicted octanol–water partition coefficient (Wildman–Crippen LogP) is 4.20. The molecule has 4 nitrogen and oxygen atoms in total. The zero-order chi connectivity index (χ0) is 13.0. The molecule has 94 valence electrons. The van der Waals surface area contributed by atoms with Gasteiger partial charge in [-0.05, 0) is 40.4 Å². The molecular formula is C12H17BrN2O2.